The van der Waals surface area contributed by atoms with Crippen molar-refractivity contribution in [2.24, 2.45) is 5.73 Å². The fourth-order valence-electron chi connectivity index (χ4n) is 3.88. The largest absolute Gasteiger partial charge is 0.323 e. The number of hydrogen-bond donors (Lipinski definition) is 1. The molecule has 2 nitrogen and oxygen atoms in total. The van der Waals surface area contributed by atoms with E-state index in [0.29, 0.717) is 0 Å². The fraction of sp³-hybridized carbons (Fsp3) is 0.444. The van der Waals surface area contributed by atoms with E-state index >= 15 is 0 Å². The van der Waals surface area contributed by atoms with Crippen LogP contribution >= 0.6 is 0 Å². The minimum absolute atomic E-state index is 0.0820. The van der Waals surface area contributed by atoms with Gasteiger partial charge in [-0.05, 0) is 46.1 Å². The number of nitrogens with zero attached hydrogens (tertiary/aromatic N) is 1. The van der Waals surface area contributed by atoms with E-state index in [-0.39, 0.29) is 22.8 Å². The van der Waals surface area contributed by atoms with E-state index in [1.807, 2.05) is 6.07 Å². The highest BCUT2D eigenvalue weighted by molar-refractivity contribution is 5.78. The molecule has 0 amide bonds. The van der Waals surface area contributed by atoms with Crippen molar-refractivity contribution in [1.82, 2.24) is 4.98 Å². The van der Waals surface area contributed by atoms with Crippen LogP contribution in [0.1, 0.15) is 89.2 Å². The van der Waals surface area contributed by atoms with Gasteiger partial charge in [-0.25, -0.2) is 0 Å². The van der Waals surface area contributed by atoms with Gasteiger partial charge in [0.2, 0.25) is 0 Å². The Morgan fingerprint density at radius 3 is 1.97 bits per heavy atom. The van der Waals surface area contributed by atoms with Gasteiger partial charge in [-0.1, -0.05) is 90.9 Å². The second-order valence-electron chi connectivity index (χ2n) is 10.3. The first kappa shape index (κ1) is 21.5. The molecule has 0 saturated carbocycles. The monoisotopic (exact) mass is 388 g/mol. The number of aromatic nitrogens is 1. The van der Waals surface area contributed by atoms with Gasteiger partial charge in [0.25, 0.3) is 0 Å². The summed E-state index contributed by atoms with van der Waals surface area (Å²) in [5, 5.41) is 1.17. The van der Waals surface area contributed by atoms with Crippen molar-refractivity contribution >= 4 is 10.9 Å². The Hall–Kier alpha value is -2.19. The van der Waals surface area contributed by atoms with E-state index < -0.39 is 0 Å². The summed E-state index contributed by atoms with van der Waals surface area (Å²) in [6.45, 7) is 15.8. The Bertz CT molecular complexity index is 957. The minimum Gasteiger partial charge on any atom is -0.323 e. The second kappa shape index (κ2) is 7.91. The van der Waals surface area contributed by atoms with Crippen LogP contribution in [-0.4, -0.2) is 4.98 Å². The summed E-state index contributed by atoms with van der Waals surface area (Å²) < 4.78 is 0. The van der Waals surface area contributed by atoms with Crippen molar-refractivity contribution in [1.29, 1.82) is 0 Å². The van der Waals surface area contributed by atoms with E-state index in [0.717, 1.165) is 17.6 Å². The number of rotatable bonds is 4. The molecule has 0 radical (unpaired) electrons. The number of hydrogen-bond acceptors (Lipinski definition) is 2. The van der Waals surface area contributed by atoms with E-state index in [2.05, 4.69) is 97.0 Å². The number of nitrogens with two attached hydrogens (primary N) is 1. The SMILES string of the molecule is CCC(c1ccc2ccccc2n1)C(N)c1cc(C(C)(C)C)cc(C(C)(C)C)c1. The topological polar surface area (TPSA) is 38.9 Å². The quantitative estimate of drug-likeness (QED) is 0.521. The predicted molar refractivity (Wildman–Crippen MR) is 126 cm³/mol. The molecule has 2 aromatic carbocycles. The van der Waals surface area contributed by atoms with Crippen molar-refractivity contribution in [3.63, 3.8) is 0 Å². The van der Waals surface area contributed by atoms with Gasteiger partial charge >= 0.3 is 0 Å². The molecule has 0 spiro atoms. The molecule has 1 heterocycles. The highest BCUT2D eigenvalue weighted by Crippen LogP contribution is 2.36. The molecule has 0 aliphatic rings. The van der Waals surface area contributed by atoms with Crippen molar-refractivity contribution in [2.75, 3.05) is 0 Å². The minimum atomic E-state index is -0.0861. The highest BCUT2D eigenvalue weighted by atomic mass is 14.7. The first-order valence-electron chi connectivity index (χ1n) is 10.8. The van der Waals surface area contributed by atoms with Gasteiger partial charge in [-0.15, -0.1) is 0 Å². The van der Waals surface area contributed by atoms with Crippen LogP contribution in [0.3, 0.4) is 0 Å². The Kier molecular flexibility index (Phi) is 5.87. The Morgan fingerprint density at radius 2 is 1.41 bits per heavy atom. The van der Waals surface area contributed by atoms with Crippen LogP contribution in [0.25, 0.3) is 10.9 Å². The van der Waals surface area contributed by atoms with Gasteiger partial charge in [-0.2, -0.15) is 0 Å². The van der Waals surface area contributed by atoms with Gasteiger partial charge in [0, 0.05) is 23.0 Å². The average Bonchev–Trinajstić information content (AvgIpc) is 2.66. The van der Waals surface area contributed by atoms with Gasteiger partial charge in [-0.3, -0.25) is 4.98 Å². The zero-order chi connectivity index (χ0) is 21.4. The van der Waals surface area contributed by atoms with Gasteiger partial charge in [0.05, 0.1) is 5.52 Å². The van der Waals surface area contributed by atoms with Gasteiger partial charge in [0.1, 0.15) is 0 Å². The van der Waals surface area contributed by atoms with E-state index in [1.54, 1.807) is 0 Å². The first-order valence-corrected chi connectivity index (χ1v) is 10.8. The summed E-state index contributed by atoms with van der Waals surface area (Å²) in [7, 11) is 0. The molecule has 2 heteroatoms. The van der Waals surface area contributed by atoms with Crippen molar-refractivity contribution in [2.45, 2.75) is 77.7 Å². The zero-order valence-corrected chi connectivity index (χ0v) is 19.1. The van der Waals surface area contributed by atoms with Crippen molar-refractivity contribution in [3.8, 4) is 0 Å². The summed E-state index contributed by atoms with van der Waals surface area (Å²) in [6, 6.07) is 19.5. The molecule has 154 valence electrons. The summed E-state index contributed by atoms with van der Waals surface area (Å²) in [5.74, 6) is 0.183. The molecule has 0 aliphatic heterocycles. The molecule has 1 aromatic heterocycles. The third kappa shape index (κ3) is 4.70. The molecule has 3 rings (SSSR count). The molecular formula is C27H36N2. The van der Waals surface area contributed by atoms with Crippen LogP contribution in [0.2, 0.25) is 0 Å². The molecule has 2 unspecified atom stereocenters. The molecule has 0 saturated heterocycles. The van der Waals surface area contributed by atoms with Crippen LogP contribution in [0.4, 0.5) is 0 Å². The fourth-order valence-corrected chi connectivity index (χ4v) is 3.88. The van der Waals surface area contributed by atoms with E-state index in [9.17, 15) is 0 Å². The van der Waals surface area contributed by atoms with Crippen molar-refractivity contribution in [3.05, 3.63) is 77.0 Å². The Morgan fingerprint density at radius 1 is 0.828 bits per heavy atom. The lowest BCUT2D eigenvalue weighted by molar-refractivity contribution is 0.519. The predicted octanol–water partition coefficient (Wildman–Crippen LogP) is 7.02. The number of para-hydroxylation sites is 1. The summed E-state index contributed by atoms with van der Waals surface area (Å²) in [4.78, 5) is 4.96. The van der Waals surface area contributed by atoms with Crippen molar-refractivity contribution < 1.29 is 0 Å². The number of pyridine rings is 1. The average molecular weight is 389 g/mol. The Balaban J connectivity index is 2.07. The molecule has 0 bridgehead atoms. The highest BCUT2D eigenvalue weighted by Gasteiger charge is 2.26. The molecule has 29 heavy (non-hydrogen) atoms. The smallest absolute Gasteiger partial charge is 0.0705 e. The lowest BCUT2D eigenvalue weighted by Crippen LogP contribution is -2.23. The molecule has 0 fully saturated rings. The molecule has 2 atom stereocenters. The molecule has 0 aliphatic carbocycles. The zero-order valence-electron chi connectivity index (χ0n) is 19.1. The molecular weight excluding hydrogens is 352 g/mol. The van der Waals surface area contributed by atoms with E-state index in [1.165, 1.54) is 22.1 Å². The van der Waals surface area contributed by atoms with Gasteiger partial charge < -0.3 is 5.73 Å². The standard InChI is InChI=1S/C27H36N2/c1-8-22(24-14-13-18-11-9-10-12-23(18)29-24)25(28)19-15-20(26(2,3)4)17-21(16-19)27(5,6)7/h9-17,22,25H,8,28H2,1-7H3. The molecule has 2 N–H and O–H groups in total. The maximum Gasteiger partial charge on any atom is 0.0705 e. The van der Waals surface area contributed by atoms with Crippen LogP contribution in [0, 0.1) is 0 Å². The number of fused-ring (bicyclic) bond motifs is 1. The third-order valence-electron chi connectivity index (χ3n) is 5.95. The second-order valence-corrected chi connectivity index (χ2v) is 10.3. The Labute approximate surface area is 176 Å². The summed E-state index contributed by atoms with van der Waals surface area (Å²) in [6.07, 6.45) is 0.955. The summed E-state index contributed by atoms with van der Waals surface area (Å²) in [5.41, 5.74) is 13.1. The summed E-state index contributed by atoms with van der Waals surface area (Å²) >= 11 is 0. The van der Waals surface area contributed by atoms with Crippen LogP contribution in [0.5, 0.6) is 0 Å². The third-order valence-corrected chi connectivity index (χ3v) is 5.95. The number of benzene rings is 2. The normalized spacial score (nSPS) is 14.8. The van der Waals surface area contributed by atoms with Gasteiger partial charge in [0.15, 0.2) is 0 Å². The molecule has 3 aromatic rings. The van der Waals surface area contributed by atoms with Crippen LogP contribution in [-0.2, 0) is 10.8 Å². The first-order chi connectivity index (χ1) is 13.5. The maximum atomic E-state index is 6.91. The van der Waals surface area contributed by atoms with Crippen LogP contribution < -0.4 is 5.73 Å². The lowest BCUT2D eigenvalue weighted by atomic mass is 9.77. The lowest BCUT2D eigenvalue weighted by Gasteiger charge is -2.29. The van der Waals surface area contributed by atoms with Crippen LogP contribution in [0.15, 0.2) is 54.6 Å². The van der Waals surface area contributed by atoms with E-state index in [4.69, 9.17) is 10.7 Å². The maximum absolute atomic E-state index is 6.91.